The summed E-state index contributed by atoms with van der Waals surface area (Å²) >= 11 is 0. The van der Waals surface area contributed by atoms with Gasteiger partial charge < -0.3 is 9.64 Å². The van der Waals surface area contributed by atoms with Gasteiger partial charge >= 0.3 is 5.97 Å². The summed E-state index contributed by atoms with van der Waals surface area (Å²) in [4.78, 5) is 13.1. The van der Waals surface area contributed by atoms with Crippen molar-refractivity contribution in [2.75, 3.05) is 20.7 Å². The van der Waals surface area contributed by atoms with Crippen molar-refractivity contribution in [2.24, 2.45) is 5.92 Å². The summed E-state index contributed by atoms with van der Waals surface area (Å²) in [7, 11) is 3.51. The number of carbonyl (C=O) groups excluding carboxylic acids is 1. The minimum Gasteiger partial charge on any atom is -0.469 e. The number of methoxy groups -OCH3 is 1. The van der Waals surface area contributed by atoms with Crippen molar-refractivity contribution < 1.29 is 9.53 Å². The highest BCUT2D eigenvalue weighted by Crippen LogP contribution is 2.34. The van der Waals surface area contributed by atoms with Gasteiger partial charge in [-0.05, 0) is 32.7 Å². The van der Waals surface area contributed by atoms with Crippen LogP contribution in [0.3, 0.4) is 0 Å². The Balaban J connectivity index is 2.15. The van der Waals surface area contributed by atoms with Crippen LogP contribution >= 0.6 is 0 Å². The van der Waals surface area contributed by atoms with E-state index in [2.05, 4.69) is 23.6 Å². The first-order chi connectivity index (χ1) is 6.15. The molecule has 76 valence electrons. The van der Waals surface area contributed by atoms with Crippen molar-refractivity contribution in [1.82, 2.24) is 4.90 Å². The SMILES string of the molecule is COC(=O)CCN(C)C(C)C1CC1. The van der Waals surface area contributed by atoms with E-state index in [0.29, 0.717) is 12.5 Å². The standard InChI is InChI=1S/C10H19NO2/c1-8(9-4-5-9)11(2)7-6-10(12)13-3/h8-9H,4-7H2,1-3H3. The molecule has 1 atom stereocenters. The van der Waals surface area contributed by atoms with Crippen LogP contribution in [0.2, 0.25) is 0 Å². The van der Waals surface area contributed by atoms with Gasteiger partial charge in [0, 0.05) is 12.6 Å². The van der Waals surface area contributed by atoms with Crippen LogP contribution in [0.4, 0.5) is 0 Å². The molecule has 1 aliphatic carbocycles. The van der Waals surface area contributed by atoms with Gasteiger partial charge in [-0.15, -0.1) is 0 Å². The minimum absolute atomic E-state index is 0.116. The molecule has 0 aliphatic heterocycles. The Labute approximate surface area is 80.1 Å². The molecule has 0 radical (unpaired) electrons. The summed E-state index contributed by atoms with van der Waals surface area (Å²) in [5.74, 6) is 0.748. The van der Waals surface area contributed by atoms with Gasteiger partial charge in [0.05, 0.1) is 13.5 Å². The van der Waals surface area contributed by atoms with Crippen LogP contribution in [-0.2, 0) is 9.53 Å². The van der Waals surface area contributed by atoms with E-state index in [9.17, 15) is 4.79 Å². The third kappa shape index (κ3) is 3.35. The number of esters is 1. The van der Waals surface area contributed by atoms with Crippen LogP contribution in [0.25, 0.3) is 0 Å². The number of hydrogen-bond acceptors (Lipinski definition) is 3. The zero-order valence-corrected chi connectivity index (χ0v) is 8.75. The molecule has 3 nitrogen and oxygen atoms in total. The molecule has 1 unspecified atom stereocenters. The van der Waals surface area contributed by atoms with Crippen molar-refractivity contribution in [3.05, 3.63) is 0 Å². The fourth-order valence-corrected chi connectivity index (χ4v) is 1.51. The Morgan fingerprint density at radius 1 is 1.62 bits per heavy atom. The monoisotopic (exact) mass is 185 g/mol. The molecule has 1 aliphatic rings. The molecule has 0 heterocycles. The molecule has 0 saturated heterocycles. The van der Waals surface area contributed by atoms with Crippen molar-refractivity contribution in [3.8, 4) is 0 Å². The van der Waals surface area contributed by atoms with Gasteiger partial charge in [-0.25, -0.2) is 0 Å². The average molecular weight is 185 g/mol. The molecule has 0 aromatic heterocycles. The fourth-order valence-electron chi connectivity index (χ4n) is 1.51. The number of carbonyl (C=O) groups is 1. The largest absolute Gasteiger partial charge is 0.469 e. The van der Waals surface area contributed by atoms with E-state index in [1.165, 1.54) is 20.0 Å². The van der Waals surface area contributed by atoms with E-state index in [1.54, 1.807) is 0 Å². The lowest BCUT2D eigenvalue weighted by molar-refractivity contribution is -0.141. The fraction of sp³-hybridized carbons (Fsp3) is 0.900. The third-order valence-corrected chi connectivity index (χ3v) is 2.90. The second-order valence-corrected chi connectivity index (χ2v) is 3.88. The van der Waals surface area contributed by atoms with Crippen LogP contribution < -0.4 is 0 Å². The Kier molecular flexibility index (Phi) is 3.72. The molecule has 1 rings (SSSR count). The topological polar surface area (TPSA) is 29.5 Å². The second kappa shape index (κ2) is 4.61. The van der Waals surface area contributed by atoms with Gasteiger partial charge in [0.25, 0.3) is 0 Å². The van der Waals surface area contributed by atoms with Gasteiger partial charge in [-0.3, -0.25) is 4.79 Å². The second-order valence-electron chi connectivity index (χ2n) is 3.88. The molecule has 1 fully saturated rings. The minimum atomic E-state index is -0.116. The van der Waals surface area contributed by atoms with E-state index in [1.807, 2.05) is 0 Å². The van der Waals surface area contributed by atoms with Crippen molar-refractivity contribution >= 4 is 5.97 Å². The average Bonchev–Trinajstić information content (AvgIpc) is 2.95. The summed E-state index contributed by atoms with van der Waals surface area (Å²) in [6, 6.07) is 0.615. The van der Waals surface area contributed by atoms with Crippen LogP contribution in [0.5, 0.6) is 0 Å². The van der Waals surface area contributed by atoms with E-state index in [4.69, 9.17) is 0 Å². The van der Waals surface area contributed by atoms with Gasteiger partial charge in [0.2, 0.25) is 0 Å². The quantitative estimate of drug-likeness (QED) is 0.604. The lowest BCUT2D eigenvalue weighted by Gasteiger charge is -2.23. The lowest BCUT2D eigenvalue weighted by Crippen LogP contribution is -2.32. The first kappa shape index (κ1) is 10.5. The van der Waals surface area contributed by atoms with Crippen LogP contribution in [-0.4, -0.2) is 37.6 Å². The first-order valence-electron chi connectivity index (χ1n) is 4.92. The molecule has 0 aromatic carbocycles. The summed E-state index contributed by atoms with van der Waals surface area (Å²) < 4.78 is 4.59. The van der Waals surface area contributed by atoms with Gasteiger partial charge in [0.1, 0.15) is 0 Å². The summed E-state index contributed by atoms with van der Waals surface area (Å²) in [6.45, 7) is 3.04. The Bertz CT molecular complexity index is 178. The Morgan fingerprint density at radius 2 is 2.23 bits per heavy atom. The smallest absolute Gasteiger partial charge is 0.306 e. The molecule has 0 spiro atoms. The molecule has 0 bridgehead atoms. The van der Waals surface area contributed by atoms with Gasteiger partial charge in [-0.1, -0.05) is 0 Å². The zero-order chi connectivity index (χ0) is 9.84. The number of ether oxygens (including phenoxy) is 1. The van der Waals surface area contributed by atoms with E-state index in [-0.39, 0.29) is 5.97 Å². The Hall–Kier alpha value is -0.570. The molecule has 0 aromatic rings. The predicted molar refractivity (Wildman–Crippen MR) is 51.4 cm³/mol. The maximum atomic E-state index is 10.9. The molecule has 3 heteroatoms. The highest BCUT2D eigenvalue weighted by molar-refractivity contribution is 5.69. The number of nitrogens with zero attached hydrogens (tertiary/aromatic N) is 1. The van der Waals surface area contributed by atoms with E-state index >= 15 is 0 Å². The Morgan fingerprint density at radius 3 is 2.69 bits per heavy atom. The lowest BCUT2D eigenvalue weighted by atomic mass is 10.2. The number of hydrogen-bond donors (Lipinski definition) is 0. The van der Waals surface area contributed by atoms with Gasteiger partial charge in [-0.2, -0.15) is 0 Å². The van der Waals surface area contributed by atoms with E-state index < -0.39 is 0 Å². The van der Waals surface area contributed by atoms with Crippen LogP contribution in [0.15, 0.2) is 0 Å². The molecule has 1 saturated carbocycles. The molecular formula is C10H19NO2. The predicted octanol–water partition coefficient (Wildman–Crippen LogP) is 1.28. The number of rotatable bonds is 5. The third-order valence-electron chi connectivity index (χ3n) is 2.90. The molecular weight excluding hydrogens is 166 g/mol. The van der Waals surface area contributed by atoms with Crippen LogP contribution in [0, 0.1) is 5.92 Å². The zero-order valence-electron chi connectivity index (χ0n) is 8.75. The van der Waals surface area contributed by atoms with Crippen LogP contribution in [0.1, 0.15) is 26.2 Å². The van der Waals surface area contributed by atoms with Crippen molar-refractivity contribution in [3.63, 3.8) is 0 Å². The van der Waals surface area contributed by atoms with Crippen molar-refractivity contribution in [1.29, 1.82) is 0 Å². The normalized spacial score (nSPS) is 18.8. The summed E-state index contributed by atoms with van der Waals surface area (Å²) in [5, 5.41) is 0. The highest BCUT2D eigenvalue weighted by atomic mass is 16.5. The molecule has 0 N–H and O–H groups in total. The highest BCUT2D eigenvalue weighted by Gasteiger charge is 2.30. The molecule has 13 heavy (non-hydrogen) atoms. The maximum absolute atomic E-state index is 10.9. The first-order valence-corrected chi connectivity index (χ1v) is 4.92. The summed E-state index contributed by atoms with van der Waals surface area (Å²) in [5.41, 5.74) is 0. The maximum Gasteiger partial charge on any atom is 0.306 e. The van der Waals surface area contributed by atoms with Crippen molar-refractivity contribution in [2.45, 2.75) is 32.2 Å². The summed E-state index contributed by atoms with van der Waals surface area (Å²) in [6.07, 6.45) is 3.21. The molecule has 0 amide bonds. The van der Waals surface area contributed by atoms with Gasteiger partial charge in [0.15, 0.2) is 0 Å². The van der Waals surface area contributed by atoms with E-state index in [0.717, 1.165) is 12.5 Å².